The van der Waals surface area contributed by atoms with Crippen LogP contribution in [0.15, 0.2) is 0 Å². The lowest BCUT2D eigenvalue weighted by molar-refractivity contribution is 0.198. The minimum Gasteiger partial charge on any atom is -0.316 e. The van der Waals surface area contributed by atoms with Crippen LogP contribution in [0, 0.1) is 5.92 Å². The van der Waals surface area contributed by atoms with Crippen molar-refractivity contribution in [3.63, 3.8) is 0 Å². The van der Waals surface area contributed by atoms with E-state index in [0.717, 1.165) is 12.0 Å². The van der Waals surface area contributed by atoms with Gasteiger partial charge in [0.2, 0.25) is 0 Å². The van der Waals surface area contributed by atoms with Gasteiger partial charge in [-0.1, -0.05) is 0 Å². The molecule has 0 aromatic rings. The Labute approximate surface area is 111 Å². The number of unbranched alkanes of at least 4 members (excludes halogenated alkanes) is 1. The second-order valence-corrected chi connectivity index (χ2v) is 6.62. The number of piperidine rings is 1. The summed E-state index contributed by atoms with van der Waals surface area (Å²) in [4.78, 5) is 2.79. The molecule has 0 aromatic carbocycles. The summed E-state index contributed by atoms with van der Waals surface area (Å²) in [6.07, 6.45) is 10.8. The molecule has 1 saturated heterocycles. The van der Waals surface area contributed by atoms with Crippen molar-refractivity contribution in [1.29, 1.82) is 0 Å². The maximum atomic E-state index is 3.55. The van der Waals surface area contributed by atoms with Gasteiger partial charge in [-0.3, -0.25) is 0 Å². The zero-order valence-corrected chi connectivity index (χ0v) is 12.1. The van der Waals surface area contributed by atoms with Gasteiger partial charge in [0.1, 0.15) is 0 Å². The molecule has 0 radical (unpaired) electrons. The monoisotopic (exact) mass is 256 g/mol. The Balaban J connectivity index is 1.65. The van der Waals surface area contributed by atoms with E-state index in [2.05, 4.69) is 16.5 Å². The van der Waals surface area contributed by atoms with Crippen LogP contribution in [0.1, 0.15) is 38.5 Å². The van der Waals surface area contributed by atoms with Gasteiger partial charge in [-0.05, 0) is 76.1 Å². The van der Waals surface area contributed by atoms with Crippen LogP contribution in [0.3, 0.4) is 0 Å². The molecule has 1 heterocycles. The van der Waals surface area contributed by atoms with E-state index in [9.17, 15) is 0 Å². The van der Waals surface area contributed by atoms with Crippen molar-refractivity contribution in [2.45, 2.75) is 44.6 Å². The number of nitrogens with one attached hydrogen (secondary N) is 1. The summed E-state index contributed by atoms with van der Waals surface area (Å²) in [6.45, 7) is 5.21. The minimum atomic E-state index is 0.921. The molecule has 3 heteroatoms. The molecule has 2 aliphatic rings. The lowest BCUT2D eigenvalue weighted by atomic mass is 9.99. The number of hydrogen-bond acceptors (Lipinski definition) is 3. The highest BCUT2D eigenvalue weighted by molar-refractivity contribution is 7.98. The number of hydrogen-bond donors (Lipinski definition) is 1. The molecule has 17 heavy (non-hydrogen) atoms. The van der Waals surface area contributed by atoms with Crippen molar-refractivity contribution >= 4 is 11.8 Å². The largest absolute Gasteiger partial charge is 0.316 e. The van der Waals surface area contributed by atoms with Gasteiger partial charge in [0.15, 0.2) is 0 Å². The molecule has 1 saturated carbocycles. The van der Waals surface area contributed by atoms with E-state index < -0.39 is 0 Å². The lowest BCUT2D eigenvalue weighted by Gasteiger charge is -2.30. The fourth-order valence-electron chi connectivity index (χ4n) is 2.84. The Kier molecular flexibility index (Phi) is 6.16. The number of rotatable bonds is 8. The molecule has 0 spiro atoms. The molecule has 0 aromatic heterocycles. The van der Waals surface area contributed by atoms with E-state index in [4.69, 9.17) is 0 Å². The topological polar surface area (TPSA) is 15.3 Å². The van der Waals surface area contributed by atoms with Crippen molar-refractivity contribution in [3.8, 4) is 0 Å². The molecule has 1 N–H and O–H groups in total. The Bertz CT molecular complexity index is 200. The number of thioether (sulfide) groups is 1. The van der Waals surface area contributed by atoms with Crippen molar-refractivity contribution in [2.75, 3.05) is 38.2 Å². The van der Waals surface area contributed by atoms with Gasteiger partial charge in [0, 0.05) is 12.6 Å². The molecule has 0 amide bonds. The zero-order chi connectivity index (χ0) is 11.9. The Morgan fingerprint density at radius 2 is 2.12 bits per heavy atom. The molecule has 1 atom stereocenters. The first-order valence-electron chi connectivity index (χ1n) is 7.34. The van der Waals surface area contributed by atoms with Crippen molar-refractivity contribution in [2.24, 2.45) is 5.92 Å². The summed E-state index contributed by atoms with van der Waals surface area (Å²) in [5.41, 5.74) is 0. The highest BCUT2D eigenvalue weighted by Crippen LogP contribution is 2.28. The molecule has 2 nitrogen and oxygen atoms in total. The van der Waals surface area contributed by atoms with Crippen LogP contribution in [0.5, 0.6) is 0 Å². The van der Waals surface area contributed by atoms with Gasteiger partial charge in [0.25, 0.3) is 0 Å². The van der Waals surface area contributed by atoms with Crippen LogP contribution in [-0.4, -0.2) is 49.1 Å². The molecular weight excluding hydrogens is 228 g/mol. The predicted molar refractivity (Wildman–Crippen MR) is 77.8 cm³/mol. The van der Waals surface area contributed by atoms with E-state index in [1.54, 1.807) is 0 Å². The van der Waals surface area contributed by atoms with Crippen LogP contribution >= 0.6 is 11.8 Å². The third-order valence-corrected chi connectivity index (χ3v) is 4.70. The maximum Gasteiger partial charge on any atom is 0.00965 e. The smallest absolute Gasteiger partial charge is 0.00965 e. The van der Waals surface area contributed by atoms with Crippen LogP contribution in [-0.2, 0) is 0 Å². The van der Waals surface area contributed by atoms with Crippen molar-refractivity contribution in [1.82, 2.24) is 10.2 Å². The summed E-state index contributed by atoms with van der Waals surface area (Å²) < 4.78 is 0. The quantitative estimate of drug-likeness (QED) is 0.672. The predicted octanol–water partition coefficient (Wildman–Crippen LogP) is 2.59. The Morgan fingerprint density at radius 1 is 1.24 bits per heavy atom. The lowest BCUT2D eigenvalue weighted by Crippen LogP contribution is -2.39. The van der Waals surface area contributed by atoms with Crippen LogP contribution in [0.2, 0.25) is 0 Å². The van der Waals surface area contributed by atoms with Gasteiger partial charge >= 0.3 is 0 Å². The average molecular weight is 256 g/mol. The van der Waals surface area contributed by atoms with E-state index >= 15 is 0 Å². The first-order chi connectivity index (χ1) is 8.40. The summed E-state index contributed by atoms with van der Waals surface area (Å²) >= 11 is 1.98. The van der Waals surface area contributed by atoms with E-state index in [1.165, 1.54) is 70.5 Å². The van der Waals surface area contributed by atoms with Crippen molar-refractivity contribution < 1.29 is 0 Å². The highest BCUT2D eigenvalue weighted by atomic mass is 32.2. The first-order valence-corrected chi connectivity index (χ1v) is 8.73. The van der Waals surface area contributed by atoms with E-state index in [0.29, 0.717) is 0 Å². The van der Waals surface area contributed by atoms with Gasteiger partial charge < -0.3 is 10.2 Å². The fraction of sp³-hybridized carbons (Fsp3) is 1.00. The van der Waals surface area contributed by atoms with Crippen LogP contribution in [0.25, 0.3) is 0 Å². The van der Waals surface area contributed by atoms with Gasteiger partial charge in [0.05, 0.1) is 0 Å². The second kappa shape index (κ2) is 7.65. The molecular formula is C14H28N2S. The van der Waals surface area contributed by atoms with E-state index in [-0.39, 0.29) is 0 Å². The highest BCUT2D eigenvalue weighted by Gasteiger charge is 2.30. The fourth-order valence-corrected chi connectivity index (χ4v) is 3.33. The van der Waals surface area contributed by atoms with Crippen LogP contribution in [0.4, 0.5) is 0 Å². The first kappa shape index (κ1) is 13.7. The minimum absolute atomic E-state index is 0.921. The summed E-state index contributed by atoms with van der Waals surface area (Å²) in [5, 5.41) is 3.55. The molecule has 0 bridgehead atoms. The average Bonchev–Trinajstić information content (AvgIpc) is 3.19. The van der Waals surface area contributed by atoms with E-state index in [1.807, 2.05) is 11.8 Å². The Hall–Kier alpha value is 0.270. The molecule has 100 valence electrons. The second-order valence-electron chi connectivity index (χ2n) is 5.64. The van der Waals surface area contributed by atoms with Gasteiger partial charge in [-0.25, -0.2) is 0 Å². The van der Waals surface area contributed by atoms with Gasteiger partial charge in [-0.2, -0.15) is 11.8 Å². The molecule has 1 aliphatic carbocycles. The number of nitrogens with zero attached hydrogens (tertiary/aromatic N) is 1. The summed E-state index contributed by atoms with van der Waals surface area (Å²) in [5.74, 6) is 2.26. The SMILES string of the molecule is CSCCCCN(CC1CCCNC1)C1CC1. The normalized spacial score (nSPS) is 25.4. The van der Waals surface area contributed by atoms with Crippen molar-refractivity contribution in [3.05, 3.63) is 0 Å². The third-order valence-electron chi connectivity index (χ3n) is 4.00. The Morgan fingerprint density at radius 3 is 2.76 bits per heavy atom. The summed E-state index contributed by atoms with van der Waals surface area (Å²) in [6, 6.07) is 0.950. The zero-order valence-electron chi connectivity index (χ0n) is 11.3. The third kappa shape index (κ3) is 5.19. The molecule has 1 aliphatic heterocycles. The molecule has 1 unspecified atom stereocenters. The van der Waals surface area contributed by atoms with Crippen LogP contribution < -0.4 is 5.32 Å². The van der Waals surface area contributed by atoms with Gasteiger partial charge in [-0.15, -0.1) is 0 Å². The summed E-state index contributed by atoms with van der Waals surface area (Å²) in [7, 11) is 0. The molecule has 2 rings (SSSR count). The maximum absolute atomic E-state index is 3.55. The molecule has 2 fully saturated rings. The standard InChI is InChI=1S/C14H28N2S/c1-17-10-3-2-9-16(14-6-7-14)12-13-5-4-8-15-11-13/h13-15H,2-12H2,1H3.